The number of hydrogen-bond donors (Lipinski definition) is 2. The number of hydrogen-bond acceptors (Lipinski definition) is 3. The quantitative estimate of drug-likeness (QED) is 0.601. The third-order valence-electron chi connectivity index (χ3n) is 3.12. The first-order chi connectivity index (χ1) is 6.29. The van der Waals surface area contributed by atoms with Crippen LogP contribution >= 0.6 is 0 Å². The highest BCUT2D eigenvalue weighted by atomic mass is 16.5. The molecule has 3 atom stereocenters. The Bertz CT molecular complexity index is 150. The molecule has 3 heteroatoms. The maximum Gasteiger partial charge on any atom is 0.0405 e. The van der Waals surface area contributed by atoms with E-state index in [4.69, 9.17) is 0 Å². The van der Waals surface area contributed by atoms with Crippen LogP contribution < -0.4 is 5.32 Å². The van der Waals surface area contributed by atoms with Gasteiger partial charge in [-0.05, 0) is 32.2 Å². The number of nitrogens with zero attached hydrogens (tertiary/aromatic N) is 1. The molecule has 0 aromatic heterocycles. The highest BCUT2D eigenvalue weighted by molar-refractivity contribution is 4.92. The van der Waals surface area contributed by atoms with E-state index in [9.17, 15) is 5.21 Å². The monoisotopic (exact) mass is 186 g/mol. The van der Waals surface area contributed by atoms with Crippen molar-refractivity contribution in [1.82, 2.24) is 10.4 Å². The highest BCUT2D eigenvalue weighted by Crippen LogP contribution is 2.30. The summed E-state index contributed by atoms with van der Waals surface area (Å²) in [6.45, 7) is 8.14. The molecule has 2 aliphatic rings. The third-order valence-corrected chi connectivity index (χ3v) is 3.12. The second-order valence-corrected chi connectivity index (χ2v) is 3.71. The van der Waals surface area contributed by atoms with Crippen LogP contribution in [-0.4, -0.2) is 35.4 Å². The van der Waals surface area contributed by atoms with Gasteiger partial charge in [0.25, 0.3) is 0 Å². The summed E-state index contributed by atoms with van der Waals surface area (Å²) in [6, 6.07) is 1.03. The SMILES string of the molecule is CC.CC1NCCC2C1CCN2O. The predicted octanol–water partition coefficient (Wildman–Crippen LogP) is 1.47. The van der Waals surface area contributed by atoms with Crippen molar-refractivity contribution in [2.45, 2.75) is 45.7 Å². The second-order valence-electron chi connectivity index (χ2n) is 3.71. The van der Waals surface area contributed by atoms with Gasteiger partial charge in [0, 0.05) is 18.6 Å². The van der Waals surface area contributed by atoms with E-state index in [1.807, 2.05) is 13.8 Å². The van der Waals surface area contributed by atoms with Gasteiger partial charge in [-0.15, -0.1) is 0 Å². The van der Waals surface area contributed by atoms with E-state index in [2.05, 4.69) is 12.2 Å². The maximum atomic E-state index is 9.45. The molecule has 0 aromatic rings. The average molecular weight is 186 g/mol. The van der Waals surface area contributed by atoms with Gasteiger partial charge < -0.3 is 10.5 Å². The van der Waals surface area contributed by atoms with Gasteiger partial charge >= 0.3 is 0 Å². The van der Waals surface area contributed by atoms with Crippen molar-refractivity contribution in [3.8, 4) is 0 Å². The zero-order chi connectivity index (χ0) is 9.84. The number of piperidine rings is 1. The summed E-state index contributed by atoms with van der Waals surface area (Å²) in [4.78, 5) is 0. The number of fused-ring (bicyclic) bond motifs is 1. The summed E-state index contributed by atoms with van der Waals surface area (Å²) in [5.41, 5.74) is 0. The van der Waals surface area contributed by atoms with E-state index in [0.717, 1.165) is 25.9 Å². The molecule has 2 fully saturated rings. The van der Waals surface area contributed by atoms with Crippen molar-refractivity contribution < 1.29 is 5.21 Å². The third kappa shape index (κ3) is 2.22. The Kier molecular flexibility index (Phi) is 4.16. The molecule has 0 spiro atoms. The molecule has 0 aliphatic carbocycles. The lowest BCUT2D eigenvalue weighted by atomic mass is 9.88. The Hall–Kier alpha value is -0.120. The van der Waals surface area contributed by atoms with Gasteiger partial charge in [-0.25, -0.2) is 0 Å². The molecular weight excluding hydrogens is 164 g/mol. The predicted molar refractivity (Wildman–Crippen MR) is 53.8 cm³/mol. The number of nitrogens with one attached hydrogen (secondary N) is 1. The fraction of sp³-hybridized carbons (Fsp3) is 1.00. The molecule has 3 unspecified atom stereocenters. The van der Waals surface area contributed by atoms with E-state index in [1.165, 1.54) is 5.06 Å². The molecule has 0 aromatic carbocycles. The first-order valence-electron chi connectivity index (χ1n) is 5.48. The van der Waals surface area contributed by atoms with Crippen molar-refractivity contribution in [2.75, 3.05) is 13.1 Å². The molecule has 0 saturated carbocycles. The summed E-state index contributed by atoms with van der Waals surface area (Å²) in [5, 5.41) is 14.4. The van der Waals surface area contributed by atoms with Crippen LogP contribution in [0.1, 0.15) is 33.6 Å². The van der Waals surface area contributed by atoms with Crippen LogP contribution in [0, 0.1) is 5.92 Å². The summed E-state index contributed by atoms with van der Waals surface area (Å²) >= 11 is 0. The van der Waals surface area contributed by atoms with Crippen LogP contribution in [0.15, 0.2) is 0 Å². The molecule has 3 nitrogen and oxygen atoms in total. The van der Waals surface area contributed by atoms with Gasteiger partial charge in [0.05, 0.1) is 0 Å². The first-order valence-corrected chi connectivity index (χ1v) is 5.48. The first kappa shape index (κ1) is 11.0. The van der Waals surface area contributed by atoms with Crippen LogP contribution in [0.4, 0.5) is 0 Å². The number of hydroxylamine groups is 2. The zero-order valence-electron chi connectivity index (χ0n) is 8.95. The molecule has 2 N–H and O–H groups in total. The zero-order valence-corrected chi connectivity index (χ0v) is 8.95. The molecule has 2 heterocycles. The summed E-state index contributed by atoms with van der Waals surface area (Å²) < 4.78 is 0. The smallest absolute Gasteiger partial charge is 0.0405 e. The van der Waals surface area contributed by atoms with Crippen LogP contribution in [0.25, 0.3) is 0 Å². The van der Waals surface area contributed by atoms with E-state index >= 15 is 0 Å². The molecule has 0 bridgehead atoms. The standard InChI is InChI=1S/C8H16N2O.C2H6/c1-6-7-3-5-10(11)8(7)2-4-9-6;1-2/h6-9,11H,2-5H2,1H3;1-2H3. The van der Waals surface area contributed by atoms with Gasteiger partial charge in [-0.3, -0.25) is 0 Å². The molecule has 2 aliphatic heterocycles. The van der Waals surface area contributed by atoms with Crippen LogP contribution in [0.5, 0.6) is 0 Å². The average Bonchev–Trinajstić information content (AvgIpc) is 2.53. The van der Waals surface area contributed by atoms with Crippen LogP contribution in [0.2, 0.25) is 0 Å². The van der Waals surface area contributed by atoms with Crippen LogP contribution in [-0.2, 0) is 0 Å². The van der Waals surface area contributed by atoms with Gasteiger partial charge in [0.1, 0.15) is 0 Å². The second kappa shape index (κ2) is 4.94. The minimum Gasteiger partial charge on any atom is -0.314 e. The lowest BCUT2D eigenvalue weighted by molar-refractivity contribution is -0.115. The van der Waals surface area contributed by atoms with Crippen molar-refractivity contribution in [1.29, 1.82) is 0 Å². The molecule has 0 amide bonds. The Morgan fingerprint density at radius 1 is 1.31 bits per heavy atom. The van der Waals surface area contributed by atoms with Crippen molar-refractivity contribution >= 4 is 0 Å². The molecular formula is C10H22N2O. The van der Waals surface area contributed by atoms with Crippen molar-refractivity contribution in [2.24, 2.45) is 5.92 Å². The molecule has 2 saturated heterocycles. The molecule has 2 rings (SSSR count). The normalized spacial score (nSPS) is 39.2. The number of rotatable bonds is 0. The molecule has 13 heavy (non-hydrogen) atoms. The maximum absolute atomic E-state index is 9.45. The van der Waals surface area contributed by atoms with Crippen molar-refractivity contribution in [3.05, 3.63) is 0 Å². The topological polar surface area (TPSA) is 35.5 Å². The molecule has 0 radical (unpaired) electrons. The Morgan fingerprint density at radius 2 is 2.00 bits per heavy atom. The Morgan fingerprint density at radius 3 is 2.62 bits per heavy atom. The fourth-order valence-corrected chi connectivity index (χ4v) is 2.42. The summed E-state index contributed by atoms with van der Waals surface area (Å²) in [7, 11) is 0. The minimum absolute atomic E-state index is 0.436. The Balaban J connectivity index is 0.000000396. The largest absolute Gasteiger partial charge is 0.314 e. The van der Waals surface area contributed by atoms with Gasteiger partial charge in [0.2, 0.25) is 0 Å². The van der Waals surface area contributed by atoms with E-state index < -0.39 is 0 Å². The fourth-order valence-electron chi connectivity index (χ4n) is 2.42. The highest BCUT2D eigenvalue weighted by Gasteiger charge is 2.38. The van der Waals surface area contributed by atoms with Gasteiger partial charge in [-0.1, -0.05) is 13.8 Å². The van der Waals surface area contributed by atoms with E-state index in [-0.39, 0.29) is 0 Å². The lowest BCUT2D eigenvalue weighted by Gasteiger charge is -2.33. The molecule has 78 valence electrons. The van der Waals surface area contributed by atoms with Gasteiger partial charge in [0.15, 0.2) is 0 Å². The summed E-state index contributed by atoms with van der Waals surface area (Å²) in [5.74, 6) is 0.675. The van der Waals surface area contributed by atoms with Gasteiger partial charge in [-0.2, -0.15) is 5.06 Å². The minimum atomic E-state index is 0.436. The lowest BCUT2D eigenvalue weighted by Crippen LogP contribution is -2.48. The van der Waals surface area contributed by atoms with Crippen molar-refractivity contribution in [3.63, 3.8) is 0 Å². The van der Waals surface area contributed by atoms with Crippen LogP contribution in [0.3, 0.4) is 0 Å². The van der Waals surface area contributed by atoms with E-state index in [1.54, 1.807) is 0 Å². The Labute approximate surface area is 81.1 Å². The van der Waals surface area contributed by atoms with E-state index in [0.29, 0.717) is 18.0 Å². The summed E-state index contributed by atoms with van der Waals surface area (Å²) in [6.07, 6.45) is 2.25.